The van der Waals surface area contributed by atoms with E-state index in [0.717, 1.165) is 14.9 Å². The molecular formula is C7H10BrN2O+. The molecule has 0 fully saturated rings. The molecular weight excluding hydrogens is 208 g/mol. The summed E-state index contributed by atoms with van der Waals surface area (Å²) in [7, 11) is 3.89. The first-order valence-electron chi connectivity index (χ1n) is 3.18. The molecule has 11 heavy (non-hydrogen) atoms. The summed E-state index contributed by atoms with van der Waals surface area (Å²) in [4.78, 5) is 1.96. The van der Waals surface area contributed by atoms with Crippen LogP contribution in [0, 0.1) is 0 Å². The van der Waals surface area contributed by atoms with Crippen LogP contribution in [0.3, 0.4) is 0 Å². The van der Waals surface area contributed by atoms with Gasteiger partial charge >= 0.3 is 0 Å². The molecule has 0 amide bonds. The minimum atomic E-state index is 0.868. The summed E-state index contributed by atoms with van der Waals surface area (Å²) in [5.74, 6) is 0. The van der Waals surface area contributed by atoms with Crippen molar-refractivity contribution in [1.29, 1.82) is 0 Å². The lowest BCUT2D eigenvalue weighted by Crippen LogP contribution is -2.29. The van der Waals surface area contributed by atoms with E-state index in [9.17, 15) is 0 Å². The molecule has 60 valence electrons. The van der Waals surface area contributed by atoms with Gasteiger partial charge in [0.25, 0.3) is 0 Å². The van der Waals surface area contributed by atoms with E-state index < -0.39 is 0 Å². The molecule has 0 saturated carbocycles. The Kier molecular flexibility index (Phi) is 2.34. The fraction of sp³-hybridized carbons (Fsp3) is 0.286. The molecule has 0 aliphatic rings. The zero-order valence-corrected chi connectivity index (χ0v) is 8.04. The lowest BCUT2D eigenvalue weighted by atomic mass is 10.4. The molecule has 0 aromatic carbocycles. The number of pyridine rings is 1. The molecule has 1 heterocycles. The molecule has 4 heteroatoms. The van der Waals surface area contributed by atoms with Crippen molar-refractivity contribution in [3.8, 4) is 0 Å². The number of hydrogen-bond donors (Lipinski definition) is 1. The highest BCUT2D eigenvalue weighted by molar-refractivity contribution is 9.10. The van der Waals surface area contributed by atoms with Gasteiger partial charge in [-0.2, -0.15) is 0 Å². The third-order valence-corrected chi connectivity index (χ3v) is 1.97. The Balaban J connectivity index is 3.09. The van der Waals surface area contributed by atoms with Crippen molar-refractivity contribution in [3.05, 3.63) is 22.9 Å². The standard InChI is InChI=1S/C7H10BrN2O/c1-9(2)7-3-4-10(11)5-6(7)8/h3-5,11H,1-2H3/q+1. The van der Waals surface area contributed by atoms with Crippen molar-refractivity contribution in [2.24, 2.45) is 0 Å². The molecule has 0 radical (unpaired) electrons. The maximum atomic E-state index is 8.99. The molecule has 1 N–H and O–H groups in total. The van der Waals surface area contributed by atoms with E-state index in [0.29, 0.717) is 0 Å². The van der Waals surface area contributed by atoms with Gasteiger partial charge in [0.05, 0.1) is 5.69 Å². The summed E-state index contributed by atoms with van der Waals surface area (Å²) in [5.41, 5.74) is 1.04. The third-order valence-electron chi connectivity index (χ3n) is 1.36. The summed E-state index contributed by atoms with van der Waals surface area (Å²) >= 11 is 3.33. The molecule has 1 aromatic rings. The van der Waals surface area contributed by atoms with E-state index >= 15 is 0 Å². The molecule has 0 spiro atoms. The van der Waals surface area contributed by atoms with Crippen LogP contribution in [0.4, 0.5) is 5.69 Å². The van der Waals surface area contributed by atoms with Gasteiger partial charge < -0.3 is 4.90 Å². The van der Waals surface area contributed by atoms with Crippen molar-refractivity contribution < 1.29 is 9.94 Å². The fourth-order valence-electron chi connectivity index (χ4n) is 0.815. The first-order chi connectivity index (χ1) is 5.11. The van der Waals surface area contributed by atoms with Gasteiger partial charge in [0.15, 0.2) is 0 Å². The van der Waals surface area contributed by atoms with E-state index in [1.54, 1.807) is 12.4 Å². The second-order valence-electron chi connectivity index (χ2n) is 2.45. The highest BCUT2D eigenvalue weighted by Crippen LogP contribution is 2.21. The molecule has 1 aromatic heterocycles. The van der Waals surface area contributed by atoms with E-state index in [4.69, 9.17) is 5.21 Å². The molecule has 0 bridgehead atoms. The molecule has 1 rings (SSSR count). The zero-order valence-electron chi connectivity index (χ0n) is 6.45. The number of rotatable bonds is 1. The van der Waals surface area contributed by atoms with Crippen LogP contribution in [0.25, 0.3) is 0 Å². The van der Waals surface area contributed by atoms with Crippen LogP contribution >= 0.6 is 15.9 Å². The topological polar surface area (TPSA) is 27.4 Å². The summed E-state index contributed by atoms with van der Waals surface area (Å²) in [6.45, 7) is 0. The van der Waals surface area contributed by atoms with Crippen molar-refractivity contribution in [1.82, 2.24) is 0 Å². The van der Waals surface area contributed by atoms with E-state index in [1.165, 1.54) is 0 Å². The smallest absolute Gasteiger partial charge is 0.238 e. The predicted octanol–water partition coefficient (Wildman–Crippen LogP) is 1.04. The summed E-state index contributed by atoms with van der Waals surface area (Å²) in [6, 6.07) is 1.82. The van der Waals surface area contributed by atoms with E-state index in [1.807, 2.05) is 25.1 Å². The Labute approximate surface area is 74.0 Å². The first-order valence-corrected chi connectivity index (χ1v) is 3.98. The Bertz CT molecular complexity index is 263. The largest absolute Gasteiger partial charge is 0.376 e. The van der Waals surface area contributed by atoms with Crippen LogP contribution in [0.5, 0.6) is 0 Å². The Morgan fingerprint density at radius 2 is 2.18 bits per heavy atom. The van der Waals surface area contributed by atoms with Gasteiger partial charge in [0.1, 0.15) is 4.47 Å². The van der Waals surface area contributed by atoms with Crippen LogP contribution in [-0.2, 0) is 0 Å². The number of halogens is 1. The lowest BCUT2D eigenvalue weighted by Gasteiger charge is -2.11. The van der Waals surface area contributed by atoms with Crippen LogP contribution in [0.2, 0.25) is 0 Å². The van der Waals surface area contributed by atoms with Gasteiger partial charge in [0.2, 0.25) is 12.4 Å². The normalized spacial score (nSPS) is 9.73. The van der Waals surface area contributed by atoms with Gasteiger partial charge in [-0.25, -0.2) is 0 Å². The molecule has 0 aliphatic carbocycles. The minimum Gasteiger partial charge on any atom is -0.376 e. The van der Waals surface area contributed by atoms with Crippen LogP contribution < -0.4 is 9.63 Å². The van der Waals surface area contributed by atoms with Gasteiger partial charge in [-0.15, -0.1) is 0 Å². The number of hydrogen-bond acceptors (Lipinski definition) is 2. The Morgan fingerprint density at radius 1 is 1.55 bits per heavy atom. The highest BCUT2D eigenvalue weighted by atomic mass is 79.9. The molecule has 0 unspecified atom stereocenters. The van der Waals surface area contributed by atoms with Crippen molar-refractivity contribution in [2.45, 2.75) is 0 Å². The zero-order chi connectivity index (χ0) is 8.43. The molecule has 0 atom stereocenters. The second-order valence-corrected chi connectivity index (χ2v) is 3.31. The average molecular weight is 218 g/mol. The van der Waals surface area contributed by atoms with Gasteiger partial charge in [-0.1, -0.05) is 0 Å². The van der Waals surface area contributed by atoms with E-state index in [-0.39, 0.29) is 0 Å². The summed E-state index contributed by atoms with van der Waals surface area (Å²) in [5, 5.41) is 8.99. The highest BCUT2D eigenvalue weighted by Gasteiger charge is 2.06. The van der Waals surface area contributed by atoms with Gasteiger partial charge in [0, 0.05) is 24.9 Å². The summed E-state index contributed by atoms with van der Waals surface area (Å²) in [6.07, 6.45) is 3.18. The van der Waals surface area contributed by atoms with Crippen LogP contribution in [0.1, 0.15) is 0 Å². The van der Waals surface area contributed by atoms with Crippen LogP contribution in [0.15, 0.2) is 22.9 Å². The van der Waals surface area contributed by atoms with Gasteiger partial charge in [-0.05, 0) is 15.9 Å². The molecule has 0 aliphatic heterocycles. The van der Waals surface area contributed by atoms with Crippen molar-refractivity contribution in [3.63, 3.8) is 0 Å². The molecule has 3 nitrogen and oxygen atoms in total. The summed E-state index contributed by atoms with van der Waals surface area (Å²) < 4.78 is 1.88. The number of nitrogens with zero attached hydrogens (tertiary/aromatic N) is 2. The maximum Gasteiger partial charge on any atom is 0.238 e. The van der Waals surface area contributed by atoms with Crippen LogP contribution in [-0.4, -0.2) is 19.3 Å². The SMILES string of the molecule is CN(C)c1cc[n+](O)cc1Br. The van der Waals surface area contributed by atoms with Gasteiger partial charge in [-0.3, -0.25) is 5.21 Å². The van der Waals surface area contributed by atoms with Crippen molar-refractivity contribution >= 4 is 21.6 Å². The first kappa shape index (κ1) is 8.33. The maximum absolute atomic E-state index is 8.99. The minimum absolute atomic E-state index is 0.868. The lowest BCUT2D eigenvalue weighted by molar-refractivity contribution is -0.905. The Hall–Kier alpha value is -0.770. The quantitative estimate of drug-likeness (QED) is 0.563. The fourth-order valence-corrected chi connectivity index (χ4v) is 1.51. The predicted molar refractivity (Wildman–Crippen MR) is 45.8 cm³/mol. The number of aromatic nitrogens is 1. The van der Waals surface area contributed by atoms with Crippen molar-refractivity contribution in [2.75, 3.05) is 19.0 Å². The second kappa shape index (κ2) is 3.09. The third kappa shape index (κ3) is 1.83. The Morgan fingerprint density at radius 3 is 2.64 bits per heavy atom. The monoisotopic (exact) mass is 217 g/mol. The van der Waals surface area contributed by atoms with E-state index in [2.05, 4.69) is 15.9 Å². The number of anilines is 1. The average Bonchev–Trinajstić information content (AvgIpc) is 1.85. The molecule has 0 saturated heterocycles.